The van der Waals surface area contributed by atoms with Crippen LogP contribution in [0.25, 0.3) is 10.3 Å². The Labute approximate surface area is 176 Å². The molecule has 1 saturated heterocycles. The highest BCUT2D eigenvalue weighted by atomic mass is 32.1. The Morgan fingerprint density at radius 1 is 1.33 bits per heavy atom. The maximum Gasteiger partial charge on any atom is 0.430 e. The number of rotatable bonds is 4. The summed E-state index contributed by atoms with van der Waals surface area (Å²) in [7, 11) is 1.54. The van der Waals surface area contributed by atoms with Crippen LogP contribution in [-0.2, 0) is 4.84 Å². The first-order chi connectivity index (χ1) is 14.4. The fourth-order valence-electron chi connectivity index (χ4n) is 3.31. The molecule has 0 bridgehead atoms. The molecule has 0 radical (unpaired) electrons. The van der Waals surface area contributed by atoms with Crippen molar-refractivity contribution in [3.05, 3.63) is 23.3 Å². The fraction of sp³-hybridized carbons (Fsp3) is 0.389. The molecule has 3 aromatic heterocycles. The third kappa shape index (κ3) is 4.04. The number of nitrogens with zero attached hydrogens (tertiary/aromatic N) is 6. The number of carbonyl (C=O) groups is 1. The number of hydroxylamine groups is 2. The van der Waals surface area contributed by atoms with Crippen LogP contribution in [0.4, 0.5) is 22.2 Å². The van der Waals surface area contributed by atoms with Gasteiger partial charge in [-0.3, -0.25) is 5.32 Å². The topological polar surface area (TPSA) is 132 Å². The van der Waals surface area contributed by atoms with Gasteiger partial charge in [-0.05, 0) is 19.4 Å². The lowest BCUT2D eigenvalue weighted by Crippen LogP contribution is -2.53. The van der Waals surface area contributed by atoms with E-state index in [1.54, 1.807) is 23.7 Å². The average Bonchev–Trinajstić information content (AvgIpc) is 3.17. The van der Waals surface area contributed by atoms with Gasteiger partial charge in [0.05, 0.1) is 37.6 Å². The summed E-state index contributed by atoms with van der Waals surface area (Å²) in [6, 6.07) is 1.76. The summed E-state index contributed by atoms with van der Waals surface area (Å²) in [4.78, 5) is 37.8. The largest absolute Gasteiger partial charge is 0.481 e. The monoisotopic (exact) mass is 430 g/mol. The zero-order valence-electron chi connectivity index (χ0n) is 16.8. The van der Waals surface area contributed by atoms with Gasteiger partial charge in [0.1, 0.15) is 5.52 Å². The van der Waals surface area contributed by atoms with Crippen molar-refractivity contribution in [1.29, 1.82) is 0 Å². The van der Waals surface area contributed by atoms with Crippen molar-refractivity contribution in [2.45, 2.75) is 19.9 Å². The smallest absolute Gasteiger partial charge is 0.430 e. The number of piperazine rings is 1. The number of aryl methyl sites for hydroxylation is 1. The second-order valence-corrected chi connectivity index (χ2v) is 7.72. The zero-order chi connectivity index (χ0) is 21.3. The van der Waals surface area contributed by atoms with Crippen LogP contribution >= 0.6 is 11.3 Å². The van der Waals surface area contributed by atoms with Crippen LogP contribution in [0, 0.1) is 6.92 Å². The maximum absolute atomic E-state index is 12.3. The first-order valence-corrected chi connectivity index (χ1v) is 10.2. The molecule has 11 nitrogen and oxygen atoms in total. The number of nitrogens with two attached hydrogens (primary N) is 1. The van der Waals surface area contributed by atoms with Gasteiger partial charge in [-0.1, -0.05) is 0 Å². The number of ether oxygens (including phenoxy) is 1. The van der Waals surface area contributed by atoms with Crippen molar-refractivity contribution in [3.8, 4) is 5.88 Å². The predicted molar refractivity (Wildman–Crippen MR) is 114 cm³/mol. The second-order valence-electron chi connectivity index (χ2n) is 6.89. The van der Waals surface area contributed by atoms with E-state index < -0.39 is 6.09 Å². The Balaban J connectivity index is 1.39. The number of hydrogen-bond acceptors (Lipinski definition) is 11. The number of nitrogens with one attached hydrogen (secondary N) is 1. The molecule has 1 atom stereocenters. The number of aromatic nitrogens is 4. The number of anilines is 3. The van der Waals surface area contributed by atoms with Crippen molar-refractivity contribution in [2.75, 3.05) is 42.7 Å². The summed E-state index contributed by atoms with van der Waals surface area (Å²) in [6.07, 6.45) is 0.966. The molecule has 1 aliphatic rings. The Hall–Kier alpha value is -3.25. The van der Waals surface area contributed by atoms with Crippen molar-refractivity contribution in [1.82, 2.24) is 25.0 Å². The summed E-state index contributed by atoms with van der Waals surface area (Å²) >= 11 is 1.42. The summed E-state index contributed by atoms with van der Waals surface area (Å²) in [5.41, 5.74) is 9.71. The molecule has 3 N–H and O–H groups in total. The van der Waals surface area contributed by atoms with E-state index in [1.807, 2.05) is 13.8 Å². The molecule has 0 unspecified atom stereocenters. The van der Waals surface area contributed by atoms with Crippen LogP contribution in [0.2, 0.25) is 0 Å². The first-order valence-electron chi connectivity index (χ1n) is 9.32. The molecule has 1 amide bonds. The van der Waals surface area contributed by atoms with Crippen molar-refractivity contribution in [3.63, 3.8) is 0 Å². The van der Waals surface area contributed by atoms with E-state index in [0.29, 0.717) is 37.0 Å². The minimum atomic E-state index is -0.570. The van der Waals surface area contributed by atoms with E-state index in [4.69, 9.17) is 15.3 Å². The van der Waals surface area contributed by atoms with Crippen LogP contribution in [0.3, 0.4) is 0 Å². The zero-order valence-corrected chi connectivity index (χ0v) is 17.6. The quantitative estimate of drug-likeness (QED) is 0.634. The number of methoxy groups -OCH3 is 1. The summed E-state index contributed by atoms with van der Waals surface area (Å²) in [5.74, 6) is 1.40. The lowest BCUT2D eigenvalue weighted by molar-refractivity contribution is -0.103. The van der Waals surface area contributed by atoms with E-state index in [0.717, 1.165) is 15.9 Å². The molecule has 12 heteroatoms. The van der Waals surface area contributed by atoms with Gasteiger partial charge in [0.15, 0.2) is 10.6 Å². The number of thiazole rings is 1. The summed E-state index contributed by atoms with van der Waals surface area (Å²) in [5, 5.41) is 4.35. The van der Waals surface area contributed by atoms with Gasteiger partial charge < -0.3 is 20.2 Å². The highest BCUT2D eigenvalue weighted by Crippen LogP contribution is 2.28. The Morgan fingerprint density at radius 2 is 2.17 bits per heavy atom. The van der Waals surface area contributed by atoms with Gasteiger partial charge in [0.25, 0.3) is 0 Å². The molecule has 0 aliphatic carbocycles. The molecule has 4 rings (SSSR count). The van der Waals surface area contributed by atoms with E-state index in [-0.39, 0.29) is 12.0 Å². The van der Waals surface area contributed by atoms with Crippen LogP contribution in [0.15, 0.2) is 17.8 Å². The molecule has 158 valence electrons. The fourth-order valence-corrected chi connectivity index (χ4v) is 3.97. The Morgan fingerprint density at radius 3 is 2.90 bits per heavy atom. The van der Waals surface area contributed by atoms with E-state index in [1.165, 1.54) is 17.5 Å². The van der Waals surface area contributed by atoms with Gasteiger partial charge >= 0.3 is 6.09 Å². The minimum absolute atomic E-state index is 0.0233. The average molecular weight is 430 g/mol. The van der Waals surface area contributed by atoms with Gasteiger partial charge in [-0.2, -0.15) is 4.98 Å². The lowest BCUT2D eigenvalue weighted by Gasteiger charge is -2.39. The van der Waals surface area contributed by atoms with Gasteiger partial charge in [-0.25, -0.2) is 19.7 Å². The molecule has 30 heavy (non-hydrogen) atoms. The highest BCUT2D eigenvalue weighted by molar-refractivity contribution is 7.16. The van der Waals surface area contributed by atoms with Crippen LogP contribution in [-0.4, -0.2) is 63.9 Å². The minimum Gasteiger partial charge on any atom is -0.481 e. The molecular formula is C18H22N8O3S. The van der Waals surface area contributed by atoms with Crippen molar-refractivity contribution >= 4 is 45.2 Å². The normalized spacial score (nSPS) is 17.2. The molecular weight excluding hydrogens is 408 g/mol. The third-order valence-corrected chi connectivity index (χ3v) is 5.52. The van der Waals surface area contributed by atoms with Gasteiger partial charge in [-0.15, -0.1) is 16.4 Å². The highest BCUT2D eigenvalue weighted by Gasteiger charge is 2.29. The Bertz CT molecular complexity index is 1070. The van der Waals surface area contributed by atoms with E-state index in [2.05, 4.69) is 30.2 Å². The first kappa shape index (κ1) is 20.0. The van der Waals surface area contributed by atoms with Gasteiger partial charge in [0, 0.05) is 18.7 Å². The lowest BCUT2D eigenvalue weighted by atomic mass is 10.2. The Kier molecular flexibility index (Phi) is 5.50. The summed E-state index contributed by atoms with van der Waals surface area (Å²) < 4.78 is 5.08. The molecule has 1 fully saturated rings. The molecule has 4 heterocycles. The number of carbonyl (C=O) groups excluding carboxylic acids is 1. The standard InChI is InChI=1S/C18H22N8O3S/c1-10-6-13(28-3)20-7-12(10)22-18(27)29-25-4-5-26(11(2)8-25)15-14-16(30-9-21-14)24-17(19)23-15/h6-7,9,11H,4-5,8H2,1-3H3,(H,22,27)(H2,19,23,24)/t11-/m0/s1. The maximum atomic E-state index is 12.3. The number of pyridine rings is 1. The number of fused-ring (bicyclic) bond motifs is 1. The third-order valence-electron chi connectivity index (χ3n) is 4.80. The van der Waals surface area contributed by atoms with E-state index >= 15 is 0 Å². The van der Waals surface area contributed by atoms with Crippen LogP contribution in [0.5, 0.6) is 5.88 Å². The number of hydrogen-bond donors (Lipinski definition) is 2. The molecule has 0 aromatic carbocycles. The predicted octanol–water partition coefficient (Wildman–Crippen LogP) is 2.05. The van der Waals surface area contributed by atoms with Crippen LogP contribution < -0.4 is 20.7 Å². The van der Waals surface area contributed by atoms with Crippen molar-refractivity contribution < 1.29 is 14.4 Å². The molecule has 1 aliphatic heterocycles. The van der Waals surface area contributed by atoms with E-state index in [9.17, 15) is 4.79 Å². The SMILES string of the molecule is COc1cc(C)c(NC(=O)ON2CCN(c3nc(N)nc4scnc34)[C@@H](C)C2)cn1. The van der Waals surface area contributed by atoms with Crippen LogP contribution in [0.1, 0.15) is 12.5 Å². The molecule has 0 saturated carbocycles. The second kappa shape index (κ2) is 8.24. The number of nitrogen functional groups attached to an aromatic ring is 1. The van der Waals surface area contributed by atoms with Crippen molar-refractivity contribution in [2.24, 2.45) is 0 Å². The summed E-state index contributed by atoms with van der Waals surface area (Å²) in [6.45, 7) is 5.49. The molecule has 0 spiro atoms. The molecule has 3 aromatic rings. The number of amides is 1. The van der Waals surface area contributed by atoms with Gasteiger partial charge in [0.2, 0.25) is 11.8 Å².